The Kier molecular flexibility index (Phi) is 6.11. The molecule has 3 rings (SSSR count). The van der Waals surface area contributed by atoms with Crippen LogP contribution in [-0.2, 0) is 19.4 Å². The summed E-state index contributed by atoms with van der Waals surface area (Å²) in [5.41, 5.74) is -0.0541. The first-order chi connectivity index (χ1) is 12.8. The SMILES string of the molecule is CS(=O)(=O)c1ccc(Cl)c(C(=O)OCC(=O)N2CCC[C@H]3CCCC[C@@H]32)c1. The second-order valence-electron chi connectivity index (χ2n) is 7.33. The first-order valence-corrected chi connectivity index (χ1v) is 11.5. The molecule has 1 aromatic carbocycles. The molecule has 1 saturated heterocycles. The van der Waals surface area contributed by atoms with Gasteiger partial charge in [-0.05, 0) is 49.8 Å². The standard InChI is InChI=1S/C19H24ClNO5S/c1-27(24,25)14-8-9-16(20)15(11-14)19(23)26-12-18(22)21-10-4-6-13-5-2-3-7-17(13)21/h8-9,11,13,17H,2-7,10,12H2,1H3/t13-,17+/m1/s1. The summed E-state index contributed by atoms with van der Waals surface area (Å²) >= 11 is 6.01. The molecule has 1 aromatic rings. The molecule has 0 spiro atoms. The van der Waals surface area contributed by atoms with Crippen LogP contribution in [0.1, 0.15) is 48.9 Å². The maximum absolute atomic E-state index is 12.6. The predicted molar refractivity (Wildman–Crippen MR) is 102 cm³/mol. The van der Waals surface area contributed by atoms with Crippen LogP contribution in [0.15, 0.2) is 23.1 Å². The van der Waals surface area contributed by atoms with Crippen molar-refractivity contribution in [2.24, 2.45) is 5.92 Å². The molecular formula is C19H24ClNO5S. The number of esters is 1. The highest BCUT2D eigenvalue weighted by Gasteiger charge is 2.35. The lowest BCUT2D eigenvalue weighted by molar-refractivity contribution is -0.140. The highest BCUT2D eigenvalue weighted by molar-refractivity contribution is 7.90. The van der Waals surface area contributed by atoms with E-state index in [2.05, 4.69) is 0 Å². The molecule has 0 bridgehead atoms. The van der Waals surface area contributed by atoms with Crippen LogP contribution in [0.2, 0.25) is 5.02 Å². The van der Waals surface area contributed by atoms with Crippen LogP contribution < -0.4 is 0 Å². The van der Waals surface area contributed by atoms with Crippen molar-refractivity contribution in [1.82, 2.24) is 4.90 Å². The Bertz CT molecular complexity index is 837. The van der Waals surface area contributed by atoms with Crippen LogP contribution in [0.3, 0.4) is 0 Å². The molecule has 1 saturated carbocycles. The van der Waals surface area contributed by atoms with Crippen molar-refractivity contribution < 1.29 is 22.7 Å². The van der Waals surface area contributed by atoms with Gasteiger partial charge in [-0.3, -0.25) is 4.79 Å². The molecule has 1 amide bonds. The van der Waals surface area contributed by atoms with Crippen LogP contribution in [-0.4, -0.2) is 50.6 Å². The number of carbonyl (C=O) groups is 2. The smallest absolute Gasteiger partial charge is 0.340 e. The molecule has 1 aliphatic heterocycles. The second-order valence-corrected chi connectivity index (χ2v) is 9.75. The van der Waals surface area contributed by atoms with E-state index in [4.69, 9.17) is 16.3 Å². The summed E-state index contributed by atoms with van der Waals surface area (Å²) in [5.74, 6) is -0.445. The Labute approximate surface area is 164 Å². The lowest BCUT2D eigenvalue weighted by atomic mass is 9.78. The molecule has 27 heavy (non-hydrogen) atoms. The lowest BCUT2D eigenvalue weighted by Crippen LogP contribution is -2.50. The van der Waals surface area contributed by atoms with E-state index >= 15 is 0 Å². The molecule has 148 valence electrons. The number of hydrogen-bond acceptors (Lipinski definition) is 5. The maximum atomic E-state index is 12.6. The van der Waals surface area contributed by atoms with E-state index in [0.717, 1.165) is 38.4 Å². The minimum absolute atomic E-state index is 0.0220. The number of nitrogens with zero attached hydrogens (tertiary/aromatic N) is 1. The minimum atomic E-state index is -3.48. The van der Waals surface area contributed by atoms with Gasteiger partial charge < -0.3 is 9.64 Å². The average molecular weight is 414 g/mol. The van der Waals surface area contributed by atoms with Crippen molar-refractivity contribution in [3.8, 4) is 0 Å². The summed E-state index contributed by atoms with van der Waals surface area (Å²) in [6.07, 6.45) is 7.68. The van der Waals surface area contributed by atoms with Gasteiger partial charge in [0.25, 0.3) is 5.91 Å². The van der Waals surface area contributed by atoms with Gasteiger partial charge in [0.15, 0.2) is 16.4 Å². The number of hydrogen-bond donors (Lipinski definition) is 0. The molecule has 1 aliphatic carbocycles. The molecular weight excluding hydrogens is 390 g/mol. The van der Waals surface area contributed by atoms with Gasteiger partial charge in [0.2, 0.25) is 0 Å². The summed E-state index contributed by atoms with van der Waals surface area (Å²) in [5, 5.41) is 0.0881. The van der Waals surface area contributed by atoms with E-state index < -0.39 is 15.8 Å². The number of piperidine rings is 1. The first-order valence-electron chi connectivity index (χ1n) is 9.23. The molecule has 8 heteroatoms. The van der Waals surface area contributed by atoms with Crippen molar-refractivity contribution in [3.05, 3.63) is 28.8 Å². The number of sulfone groups is 1. The molecule has 0 aromatic heterocycles. The Hall–Kier alpha value is -1.60. The summed E-state index contributed by atoms with van der Waals surface area (Å²) in [6, 6.07) is 4.10. The van der Waals surface area contributed by atoms with Crippen LogP contribution in [0.4, 0.5) is 0 Å². The van der Waals surface area contributed by atoms with Gasteiger partial charge >= 0.3 is 5.97 Å². The summed E-state index contributed by atoms with van der Waals surface area (Å²) in [7, 11) is -3.48. The van der Waals surface area contributed by atoms with Gasteiger partial charge in [0, 0.05) is 18.8 Å². The lowest BCUT2D eigenvalue weighted by Gasteiger charge is -2.44. The zero-order valence-corrected chi connectivity index (χ0v) is 16.9. The van der Waals surface area contributed by atoms with Crippen molar-refractivity contribution >= 4 is 33.3 Å². The van der Waals surface area contributed by atoms with Gasteiger partial charge in [-0.25, -0.2) is 13.2 Å². The number of rotatable bonds is 4. The summed E-state index contributed by atoms with van der Waals surface area (Å²) in [4.78, 5) is 26.8. The van der Waals surface area contributed by atoms with Gasteiger partial charge in [0.05, 0.1) is 15.5 Å². The van der Waals surface area contributed by atoms with Crippen LogP contribution in [0, 0.1) is 5.92 Å². The Morgan fingerprint density at radius 2 is 1.89 bits per heavy atom. The number of likely N-dealkylation sites (tertiary alicyclic amines) is 1. The third-order valence-electron chi connectivity index (χ3n) is 5.48. The summed E-state index contributed by atoms with van der Waals surface area (Å²) < 4.78 is 28.5. The molecule has 2 aliphatic rings. The maximum Gasteiger partial charge on any atom is 0.340 e. The molecule has 0 unspecified atom stereocenters. The molecule has 2 fully saturated rings. The van der Waals surface area contributed by atoms with Gasteiger partial charge in [0.1, 0.15) is 0 Å². The number of carbonyl (C=O) groups excluding carboxylic acids is 2. The fourth-order valence-corrected chi connectivity index (χ4v) is 4.96. The van der Waals surface area contributed by atoms with Gasteiger partial charge in [-0.2, -0.15) is 0 Å². The first kappa shape index (κ1) is 20.1. The van der Waals surface area contributed by atoms with E-state index in [1.807, 2.05) is 4.90 Å². The monoisotopic (exact) mass is 413 g/mol. The molecule has 1 heterocycles. The normalized spacial score (nSPS) is 22.8. The van der Waals surface area contributed by atoms with Gasteiger partial charge in [-0.1, -0.05) is 24.4 Å². The Morgan fingerprint density at radius 3 is 2.63 bits per heavy atom. The number of benzene rings is 1. The van der Waals surface area contributed by atoms with E-state index in [0.29, 0.717) is 12.5 Å². The topological polar surface area (TPSA) is 80.7 Å². The quantitative estimate of drug-likeness (QED) is 0.708. The fraction of sp³-hybridized carbons (Fsp3) is 0.579. The highest BCUT2D eigenvalue weighted by atomic mass is 35.5. The zero-order valence-electron chi connectivity index (χ0n) is 15.3. The van der Waals surface area contributed by atoms with E-state index in [1.165, 1.54) is 24.6 Å². The Morgan fingerprint density at radius 1 is 1.19 bits per heavy atom. The van der Waals surface area contributed by atoms with Crippen LogP contribution in [0.5, 0.6) is 0 Å². The largest absolute Gasteiger partial charge is 0.452 e. The molecule has 0 radical (unpaired) electrons. The van der Waals surface area contributed by atoms with E-state index in [9.17, 15) is 18.0 Å². The van der Waals surface area contributed by atoms with Crippen LogP contribution in [0.25, 0.3) is 0 Å². The highest BCUT2D eigenvalue weighted by Crippen LogP contribution is 2.35. The van der Waals surface area contributed by atoms with Crippen molar-refractivity contribution in [2.45, 2.75) is 49.5 Å². The molecule has 2 atom stereocenters. The minimum Gasteiger partial charge on any atom is -0.452 e. The summed E-state index contributed by atoms with van der Waals surface area (Å²) in [6.45, 7) is 0.337. The second kappa shape index (κ2) is 8.19. The van der Waals surface area contributed by atoms with Crippen molar-refractivity contribution in [3.63, 3.8) is 0 Å². The predicted octanol–water partition coefficient (Wildman–Crippen LogP) is 3.08. The van der Waals surface area contributed by atoms with E-state index in [1.54, 1.807) is 0 Å². The fourth-order valence-electron chi connectivity index (χ4n) is 4.11. The van der Waals surface area contributed by atoms with Crippen molar-refractivity contribution in [2.75, 3.05) is 19.4 Å². The number of fused-ring (bicyclic) bond motifs is 1. The van der Waals surface area contributed by atoms with Crippen LogP contribution >= 0.6 is 11.6 Å². The number of amides is 1. The molecule has 0 N–H and O–H groups in total. The number of ether oxygens (including phenoxy) is 1. The molecule has 6 nitrogen and oxygen atoms in total. The third kappa shape index (κ3) is 4.63. The van der Waals surface area contributed by atoms with E-state index in [-0.39, 0.29) is 34.0 Å². The third-order valence-corrected chi connectivity index (χ3v) is 6.92. The Balaban J connectivity index is 1.66. The van der Waals surface area contributed by atoms with Gasteiger partial charge in [-0.15, -0.1) is 0 Å². The van der Waals surface area contributed by atoms with Crippen molar-refractivity contribution in [1.29, 1.82) is 0 Å². The zero-order chi connectivity index (χ0) is 19.6. The number of halogens is 1. The average Bonchev–Trinajstić information content (AvgIpc) is 2.64.